The monoisotopic (exact) mass is 462 g/mol. The molecule has 0 aliphatic carbocycles. The van der Waals surface area contributed by atoms with Gasteiger partial charge >= 0.3 is 5.97 Å². The molecule has 2 amide bonds. The Balaban J connectivity index is 1.83. The summed E-state index contributed by atoms with van der Waals surface area (Å²) in [6.07, 6.45) is 1.46. The van der Waals surface area contributed by atoms with Crippen molar-refractivity contribution in [3.05, 3.63) is 68.0 Å². The van der Waals surface area contributed by atoms with Gasteiger partial charge in [0.2, 0.25) is 0 Å². The van der Waals surface area contributed by atoms with Gasteiger partial charge in [-0.25, -0.2) is 4.79 Å². The molecule has 0 aromatic heterocycles. The largest absolute Gasteiger partial charge is 0.479 e. The first-order valence-electron chi connectivity index (χ1n) is 8.37. The van der Waals surface area contributed by atoms with Crippen LogP contribution in [-0.4, -0.2) is 33.7 Å². The third-order valence-corrected chi connectivity index (χ3v) is 5.47. The van der Waals surface area contributed by atoms with Crippen LogP contribution in [0.25, 0.3) is 6.08 Å². The predicted molar refractivity (Wildman–Crippen MR) is 112 cm³/mol. The van der Waals surface area contributed by atoms with Crippen LogP contribution in [0.2, 0.25) is 10.0 Å². The van der Waals surface area contributed by atoms with Crippen molar-refractivity contribution in [2.75, 3.05) is 6.61 Å². The van der Waals surface area contributed by atoms with Crippen molar-refractivity contribution in [3.63, 3.8) is 0 Å². The Kier molecular flexibility index (Phi) is 6.67. The third kappa shape index (κ3) is 4.76. The molecule has 2 aromatic rings. The third-order valence-electron chi connectivity index (χ3n) is 4.00. The molecule has 1 saturated heterocycles. The maximum Gasteiger partial charge on any atom is 0.341 e. The molecule has 152 valence electrons. The van der Waals surface area contributed by atoms with E-state index in [1.165, 1.54) is 18.2 Å². The summed E-state index contributed by atoms with van der Waals surface area (Å²) in [7, 11) is 0. The summed E-state index contributed by atoms with van der Waals surface area (Å²) in [4.78, 5) is 36.9. The molecular weight excluding hydrogens is 451 g/mol. The Morgan fingerprint density at radius 1 is 1.23 bits per heavy atom. The number of carboxylic acids is 1. The van der Waals surface area contributed by atoms with Gasteiger partial charge in [-0.05, 0) is 47.2 Å². The van der Waals surface area contributed by atoms with Crippen LogP contribution in [0.4, 0.5) is 4.79 Å². The average molecular weight is 463 g/mol. The maximum absolute atomic E-state index is 12.7. The second-order valence-corrected chi connectivity index (χ2v) is 7.84. The van der Waals surface area contributed by atoms with Gasteiger partial charge in [0.1, 0.15) is 0 Å². The highest BCUT2D eigenvalue weighted by atomic mass is 35.5. The summed E-state index contributed by atoms with van der Waals surface area (Å²) in [5.41, 5.74) is 1.39. The van der Waals surface area contributed by atoms with Crippen LogP contribution in [0.15, 0.2) is 41.3 Å². The number of nitriles is 1. The quantitative estimate of drug-likeness (QED) is 0.626. The topological polar surface area (TPSA) is 108 Å². The van der Waals surface area contributed by atoms with Crippen LogP contribution < -0.4 is 4.74 Å². The van der Waals surface area contributed by atoms with E-state index in [1.807, 2.05) is 6.07 Å². The number of thioether (sulfide) groups is 1. The number of hydrogen-bond donors (Lipinski definition) is 1. The Hall–Kier alpha value is -2.99. The fourth-order valence-electron chi connectivity index (χ4n) is 2.66. The van der Waals surface area contributed by atoms with E-state index in [4.69, 9.17) is 33.0 Å². The normalized spacial score (nSPS) is 14.8. The molecule has 2 aromatic carbocycles. The second-order valence-electron chi connectivity index (χ2n) is 6.03. The molecule has 0 spiro atoms. The van der Waals surface area contributed by atoms with Gasteiger partial charge < -0.3 is 9.84 Å². The lowest BCUT2D eigenvalue weighted by Crippen LogP contribution is -2.27. The number of carbonyl (C=O) groups excluding carboxylic acids is 2. The smallest absolute Gasteiger partial charge is 0.341 e. The van der Waals surface area contributed by atoms with Gasteiger partial charge in [-0.15, -0.1) is 0 Å². The lowest BCUT2D eigenvalue weighted by Gasteiger charge is -2.13. The number of carboxylic acid groups (broad SMARTS) is 1. The Bertz CT molecular complexity index is 1100. The summed E-state index contributed by atoms with van der Waals surface area (Å²) in [5.74, 6) is -1.67. The van der Waals surface area contributed by atoms with Crippen molar-refractivity contribution in [2.45, 2.75) is 6.54 Å². The van der Waals surface area contributed by atoms with Gasteiger partial charge in [0.15, 0.2) is 12.4 Å². The highest BCUT2D eigenvalue weighted by Gasteiger charge is 2.35. The molecule has 0 bridgehead atoms. The van der Waals surface area contributed by atoms with Crippen LogP contribution >= 0.6 is 35.0 Å². The van der Waals surface area contributed by atoms with E-state index in [-0.39, 0.29) is 27.2 Å². The summed E-state index contributed by atoms with van der Waals surface area (Å²) >= 11 is 13.0. The Labute approximate surface area is 185 Å². The summed E-state index contributed by atoms with van der Waals surface area (Å²) in [6, 6.07) is 11.7. The lowest BCUT2D eigenvalue weighted by molar-refractivity contribution is -0.139. The zero-order chi connectivity index (χ0) is 21.8. The maximum atomic E-state index is 12.7. The number of ether oxygens (including phenoxy) is 1. The summed E-state index contributed by atoms with van der Waals surface area (Å²) in [5, 5.41) is 17.6. The highest BCUT2D eigenvalue weighted by molar-refractivity contribution is 8.18. The van der Waals surface area contributed by atoms with E-state index in [1.54, 1.807) is 24.3 Å². The Morgan fingerprint density at radius 2 is 1.90 bits per heavy atom. The van der Waals surface area contributed by atoms with E-state index >= 15 is 0 Å². The molecule has 7 nitrogen and oxygen atoms in total. The number of carbonyl (C=O) groups is 3. The lowest BCUT2D eigenvalue weighted by atomic mass is 10.1. The standard InChI is InChI=1S/C20H12Cl2N2O5S/c21-14-5-11(6-15(22)18(14)29-10-17(25)26)7-16-19(27)24(20(28)30-16)9-13-4-2-1-3-12(13)8-23/h1-7H,9-10H2,(H,25,26)/b16-7+. The molecule has 10 heteroatoms. The van der Waals surface area contributed by atoms with Crippen LogP contribution in [0.3, 0.4) is 0 Å². The van der Waals surface area contributed by atoms with Gasteiger partial charge in [-0.1, -0.05) is 41.4 Å². The minimum Gasteiger partial charge on any atom is -0.479 e. The van der Waals surface area contributed by atoms with Crippen molar-refractivity contribution in [2.24, 2.45) is 0 Å². The van der Waals surface area contributed by atoms with Crippen molar-refractivity contribution >= 4 is 58.2 Å². The van der Waals surface area contributed by atoms with E-state index in [2.05, 4.69) is 0 Å². The number of imide groups is 1. The van der Waals surface area contributed by atoms with Crippen molar-refractivity contribution in [3.8, 4) is 11.8 Å². The van der Waals surface area contributed by atoms with E-state index < -0.39 is 23.7 Å². The zero-order valence-electron chi connectivity index (χ0n) is 15.1. The summed E-state index contributed by atoms with van der Waals surface area (Å²) in [6.45, 7) is -0.628. The molecule has 30 heavy (non-hydrogen) atoms. The van der Waals surface area contributed by atoms with Gasteiger partial charge in [0.25, 0.3) is 11.1 Å². The SMILES string of the molecule is N#Cc1ccccc1CN1C(=O)S/C(=C/c2cc(Cl)c(OCC(=O)O)c(Cl)c2)C1=O. The highest BCUT2D eigenvalue weighted by Crippen LogP contribution is 2.37. The van der Waals surface area contributed by atoms with Gasteiger partial charge in [-0.3, -0.25) is 14.5 Å². The fourth-order valence-corrected chi connectivity index (χ4v) is 4.11. The average Bonchev–Trinajstić information content (AvgIpc) is 2.95. The van der Waals surface area contributed by atoms with E-state index in [0.29, 0.717) is 16.7 Å². The molecule has 1 N–H and O–H groups in total. The molecule has 0 radical (unpaired) electrons. The first kappa shape index (κ1) is 21.7. The number of benzene rings is 2. The van der Waals surface area contributed by atoms with Crippen molar-refractivity contribution in [1.82, 2.24) is 4.90 Å². The number of amides is 2. The second kappa shape index (κ2) is 9.22. The van der Waals surface area contributed by atoms with Crippen molar-refractivity contribution in [1.29, 1.82) is 5.26 Å². The molecule has 3 rings (SSSR count). The van der Waals surface area contributed by atoms with Gasteiger partial charge in [-0.2, -0.15) is 5.26 Å². The minimum absolute atomic E-state index is 0.0131. The Morgan fingerprint density at radius 3 is 2.53 bits per heavy atom. The van der Waals surface area contributed by atoms with Crippen LogP contribution in [0.5, 0.6) is 5.75 Å². The number of aliphatic carboxylic acids is 1. The number of rotatable bonds is 6. The zero-order valence-corrected chi connectivity index (χ0v) is 17.4. The number of hydrogen-bond acceptors (Lipinski definition) is 6. The van der Waals surface area contributed by atoms with Crippen molar-refractivity contribution < 1.29 is 24.2 Å². The molecule has 0 saturated carbocycles. The van der Waals surface area contributed by atoms with E-state index in [9.17, 15) is 19.6 Å². The molecular formula is C20H12Cl2N2O5S. The molecule has 1 aliphatic heterocycles. The molecule has 1 fully saturated rings. The molecule has 0 atom stereocenters. The molecule has 1 aliphatic rings. The minimum atomic E-state index is -1.18. The molecule has 0 unspecified atom stereocenters. The van der Waals surface area contributed by atoms with E-state index in [0.717, 1.165) is 16.7 Å². The number of halogens is 2. The summed E-state index contributed by atoms with van der Waals surface area (Å²) < 4.78 is 5.05. The van der Waals surface area contributed by atoms with Crippen LogP contribution in [0.1, 0.15) is 16.7 Å². The van der Waals surface area contributed by atoms with Crippen LogP contribution in [-0.2, 0) is 16.1 Å². The number of nitrogens with zero attached hydrogens (tertiary/aromatic N) is 2. The first-order chi connectivity index (χ1) is 14.3. The molecule has 1 heterocycles. The van der Waals surface area contributed by atoms with Gasteiger partial charge in [0, 0.05) is 0 Å². The van der Waals surface area contributed by atoms with Gasteiger partial charge in [0.05, 0.1) is 33.1 Å². The fraction of sp³-hybridized carbons (Fsp3) is 0.100. The predicted octanol–water partition coefficient (Wildman–Crippen LogP) is 4.56. The first-order valence-corrected chi connectivity index (χ1v) is 9.94. The van der Waals surface area contributed by atoms with Crippen LogP contribution in [0, 0.1) is 11.3 Å².